The molecule has 0 unspecified atom stereocenters. The number of benzene rings is 2. The van der Waals surface area contributed by atoms with Gasteiger partial charge in [0.1, 0.15) is 17.6 Å². The molecule has 6 N–H and O–H groups in total. The number of nitriles is 1. The maximum Gasteiger partial charge on any atom is 0.294 e. The maximum absolute atomic E-state index is 9.92. The van der Waals surface area contributed by atoms with Gasteiger partial charge in [-0.25, -0.2) is 4.98 Å². The zero-order valence-corrected chi connectivity index (χ0v) is 15.8. The van der Waals surface area contributed by atoms with E-state index in [1.54, 1.807) is 32.4 Å². The predicted molar refractivity (Wildman–Crippen MR) is 105 cm³/mol. The number of phenols is 1. The first-order valence-corrected chi connectivity index (χ1v) is 8.75. The van der Waals surface area contributed by atoms with Crippen molar-refractivity contribution in [1.29, 1.82) is 5.26 Å². The largest absolute Gasteiger partial charge is 0.508 e. The SMILES string of the molecule is COc1ccc([C@@H]2c3ccc(O)cc3Oc3[nH+]c(N)c(C#N)c(N)c32)cc1OC. The summed E-state index contributed by atoms with van der Waals surface area (Å²) in [5.74, 6) is 1.69. The summed E-state index contributed by atoms with van der Waals surface area (Å²) >= 11 is 0. The second-order valence-corrected chi connectivity index (χ2v) is 6.55. The van der Waals surface area contributed by atoms with Gasteiger partial charge in [0.25, 0.3) is 11.7 Å². The first-order valence-electron chi connectivity index (χ1n) is 8.75. The summed E-state index contributed by atoms with van der Waals surface area (Å²) in [6.07, 6.45) is 0. The van der Waals surface area contributed by atoms with Crippen LogP contribution in [0.5, 0.6) is 28.9 Å². The summed E-state index contributed by atoms with van der Waals surface area (Å²) in [5, 5.41) is 19.4. The summed E-state index contributed by atoms with van der Waals surface area (Å²) in [7, 11) is 3.12. The highest BCUT2D eigenvalue weighted by atomic mass is 16.5. The third-order valence-electron chi connectivity index (χ3n) is 4.98. The van der Waals surface area contributed by atoms with Crippen molar-refractivity contribution >= 4 is 11.5 Å². The molecule has 0 spiro atoms. The van der Waals surface area contributed by atoms with Crippen LogP contribution < -0.4 is 30.7 Å². The minimum atomic E-state index is -0.391. The van der Waals surface area contributed by atoms with Crippen LogP contribution in [0.4, 0.5) is 11.5 Å². The quantitative estimate of drug-likeness (QED) is 0.488. The van der Waals surface area contributed by atoms with Crippen LogP contribution in [0, 0.1) is 11.3 Å². The summed E-state index contributed by atoms with van der Waals surface area (Å²) < 4.78 is 16.7. The molecule has 1 aromatic heterocycles. The van der Waals surface area contributed by atoms with Crippen molar-refractivity contribution < 1.29 is 24.3 Å². The smallest absolute Gasteiger partial charge is 0.294 e. The third kappa shape index (κ3) is 2.80. The summed E-state index contributed by atoms with van der Waals surface area (Å²) in [6, 6.07) is 12.4. The standard InChI is InChI=1S/C21H18N4O4/c1-27-14-6-3-10(7-16(14)28-2)17-12-5-4-11(26)8-15(12)29-21-18(17)19(23)13(9-22)20(24)25-21/h3-8,17,26H,1-2H3,(H4,23,24,25)/p+1/t17-/m1/s1. The number of nitrogens with two attached hydrogens (primary N) is 2. The molecule has 0 aliphatic carbocycles. The Kier molecular flexibility index (Phi) is 4.28. The highest BCUT2D eigenvalue weighted by Crippen LogP contribution is 2.50. The van der Waals surface area contributed by atoms with Crippen molar-refractivity contribution in [2.45, 2.75) is 5.92 Å². The van der Waals surface area contributed by atoms with Crippen LogP contribution in [-0.4, -0.2) is 19.3 Å². The Labute approximate surface area is 166 Å². The number of aromatic nitrogens is 1. The molecule has 29 heavy (non-hydrogen) atoms. The number of nitrogen functional groups attached to an aromatic ring is 2. The lowest BCUT2D eigenvalue weighted by atomic mass is 9.82. The molecule has 8 heteroatoms. The van der Waals surface area contributed by atoms with E-state index in [4.69, 9.17) is 25.7 Å². The van der Waals surface area contributed by atoms with Crippen molar-refractivity contribution in [3.63, 3.8) is 0 Å². The topological polar surface area (TPSA) is 138 Å². The normalized spacial score (nSPS) is 14.2. The molecular formula is C21H19N4O4+. The zero-order chi connectivity index (χ0) is 20.7. The Morgan fingerprint density at radius 3 is 2.55 bits per heavy atom. The minimum absolute atomic E-state index is 0.0628. The second-order valence-electron chi connectivity index (χ2n) is 6.55. The number of methoxy groups -OCH3 is 2. The molecule has 1 aliphatic heterocycles. The van der Waals surface area contributed by atoms with E-state index in [1.807, 2.05) is 18.2 Å². The summed E-state index contributed by atoms with van der Waals surface area (Å²) in [5.41, 5.74) is 14.9. The molecule has 8 nitrogen and oxygen atoms in total. The van der Waals surface area contributed by atoms with Crippen molar-refractivity contribution in [2.24, 2.45) is 0 Å². The highest BCUT2D eigenvalue weighted by molar-refractivity contribution is 5.73. The van der Waals surface area contributed by atoms with Crippen molar-refractivity contribution in [2.75, 3.05) is 25.7 Å². The van der Waals surface area contributed by atoms with Crippen molar-refractivity contribution in [3.8, 4) is 34.9 Å². The van der Waals surface area contributed by atoms with Crippen LogP contribution in [0.15, 0.2) is 36.4 Å². The van der Waals surface area contributed by atoms with Crippen LogP contribution in [0.3, 0.4) is 0 Å². The Bertz CT molecular complexity index is 1170. The molecule has 0 amide bonds. The van der Waals surface area contributed by atoms with Gasteiger partial charge in [0.05, 0.1) is 25.5 Å². The molecular weight excluding hydrogens is 372 g/mol. The second kappa shape index (κ2) is 6.80. The van der Waals surface area contributed by atoms with E-state index < -0.39 is 5.92 Å². The summed E-state index contributed by atoms with van der Waals surface area (Å²) in [4.78, 5) is 2.91. The number of phenolic OH excluding ortho intramolecular Hbond substituents is 1. The number of nitrogens with one attached hydrogen (secondary N) is 1. The number of anilines is 2. The van der Waals surface area contributed by atoms with Gasteiger partial charge < -0.3 is 25.1 Å². The van der Waals surface area contributed by atoms with Crippen LogP contribution in [0.2, 0.25) is 0 Å². The van der Waals surface area contributed by atoms with Gasteiger partial charge in [-0.2, -0.15) is 5.26 Å². The third-order valence-corrected chi connectivity index (χ3v) is 4.98. The fraction of sp³-hybridized carbons (Fsp3) is 0.143. The number of H-pyrrole nitrogens is 1. The number of ether oxygens (including phenoxy) is 3. The molecule has 3 aromatic rings. The van der Waals surface area contributed by atoms with E-state index in [-0.39, 0.29) is 22.8 Å². The number of pyridine rings is 1. The van der Waals surface area contributed by atoms with E-state index in [0.29, 0.717) is 28.7 Å². The van der Waals surface area contributed by atoms with E-state index in [2.05, 4.69) is 4.98 Å². The van der Waals surface area contributed by atoms with E-state index in [9.17, 15) is 10.4 Å². The van der Waals surface area contributed by atoms with Crippen molar-refractivity contribution in [3.05, 3.63) is 58.7 Å². The highest BCUT2D eigenvalue weighted by Gasteiger charge is 2.36. The number of hydrogen-bond acceptors (Lipinski definition) is 7. The lowest BCUT2D eigenvalue weighted by Gasteiger charge is -2.28. The van der Waals surface area contributed by atoms with Crippen LogP contribution >= 0.6 is 0 Å². The van der Waals surface area contributed by atoms with Crippen LogP contribution in [-0.2, 0) is 0 Å². The molecule has 0 saturated heterocycles. The van der Waals surface area contributed by atoms with Gasteiger partial charge in [-0.15, -0.1) is 0 Å². The molecule has 146 valence electrons. The fourth-order valence-electron chi connectivity index (χ4n) is 3.64. The molecule has 1 aliphatic rings. The van der Waals surface area contributed by atoms with E-state index >= 15 is 0 Å². The molecule has 0 saturated carbocycles. The van der Waals surface area contributed by atoms with Gasteiger partial charge in [0, 0.05) is 17.5 Å². The Hall–Kier alpha value is -4.12. The Balaban J connectivity index is 2.02. The van der Waals surface area contributed by atoms with Gasteiger partial charge in [-0.1, -0.05) is 12.1 Å². The van der Waals surface area contributed by atoms with Crippen LogP contribution in [0.1, 0.15) is 28.2 Å². The Morgan fingerprint density at radius 2 is 1.86 bits per heavy atom. The molecule has 4 rings (SSSR count). The lowest BCUT2D eigenvalue weighted by Crippen LogP contribution is -2.25. The first kappa shape index (κ1) is 18.3. The number of aromatic hydroxyl groups is 1. The average molecular weight is 391 g/mol. The monoisotopic (exact) mass is 391 g/mol. The van der Waals surface area contributed by atoms with Crippen LogP contribution in [0.25, 0.3) is 0 Å². The number of fused-ring (bicyclic) bond motifs is 2. The molecule has 0 radical (unpaired) electrons. The lowest BCUT2D eigenvalue weighted by molar-refractivity contribution is -0.375. The number of rotatable bonds is 3. The minimum Gasteiger partial charge on any atom is -0.508 e. The van der Waals surface area contributed by atoms with Gasteiger partial charge in [0.15, 0.2) is 17.1 Å². The van der Waals surface area contributed by atoms with Gasteiger partial charge in [-0.05, 0) is 23.8 Å². The average Bonchev–Trinajstić information content (AvgIpc) is 2.71. The van der Waals surface area contributed by atoms with Gasteiger partial charge >= 0.3 is 0 Å². The molecule has 2 heterocycles. The predicted octanol–water partition coefficient (Wildman–Crippen LogP) is 2.55. The number of hydrogen-bond donors (Lipinski definition) is 3. The Morgan fingerprint density at radius 1 is 1.10 bits per heavy atom. The van der Waals surface area contributed by atoms with E-state index in [0.717, 1.165) is 11.1 Å². The fourth-order valence-corrected chi connectivity index (χ4v) is 3.64. The van der Waals surface area contributed by atoms with Crippen molar-refractivity contribution in [1.82, 2.24) is 0 Å². The molecule has 2 aromatic carbocycles. The maximum atomic E-state index is 9.92. The molecule has 0 fully saturated rings. The van der Waals surface area contributed by atoms with E-state index in [1.165, 1.54) is 6.07 Å². The molecule has 0 bridgehead atoms. The zero-order valence-electron chi connectivity index (χ0n) is 15.8. The van der Waals surface area contributed by atoms with Gasteiger partial charge in [0.2, 0.25) is 0 Å². The summed E-state index contributed by atoms with van der Waals surface area (Å²) in [6.45, 7) is 0. The van der Waals surface area contributed by atoms with Gasteiger partial charge in [-0.3, -0.25) is 5.73 Å². The molecule has 1 atom stereocenters. The first-order chi connectivity index (χ1) is 14.0. The number of nitrogens with zero attached hydrogens (tertiary/aromatic N) is 1. The number of aromatic amines is 1.